The van der Waals surface area contributed by atoms with Gasteiger partial charge in [0.1, 0.15) is 13.2 Å². The van der Waals surface area contributed by atoms with Gasteiger partial charge in [0.25, 0.3) is 0 Å². The number of allylic oxidation sites excluding steroid dienone is 14. The Labute approximate surface area is 433 Å². The molecule has 0 rings (SSSR count). The summed E-state index contributed by atoms with van der Waals surface area (Å²) in [6.07, 6.45) is 75.7. The molecule has 0 saturated heterocycles. The molecule has 0 aliphatic carbocycles. The second-order valence-corrected chi connectivity index (χ2v) is 19.5. The lowest BCUT2D eigenvalue weighted by atomic mass is 10.0. The molecule has 70 heavy (non-hydrogen) atoms. The maximum absolute atomic E-state index is 12.8. The van der Waals surface area contributed by atoms with Gasteiger partial charge in [0, 0.05) is 19.3 Å². The number of carbonyl (C=O) groups is 3. The maximum Gasteiger partial charge on any atom is 0.306 e. The molecule has 6 heteroatoms. The van der Waals surface area contributed by atoms with Crippen LogP contribution in [0.25, 0.3) is 0 Å². The van der Waals surface area contributed by atoms with Crippen LogP contribution in [0.2, 0.25) is 0 Å². The van der Waals surface area contributed by atoms with Gasteiger partial charge in [-0.25, -0.2) is 0 Å². The van der Waals surface area contributed by atoms with E-state index in [1.165, 1.54) is 122 Å². The summed E-state index contributed by atoms with van der Waals surface area (Å²) in [7, 11) is 0. The molecule has 0 aliphatic rings. The Morgan fingerprint density at radius 1 is 0.300 bits per heavy atom. The van der Waals surface area contributed by atoms with E-state index in [1.807, 2.05) is 0 Å². The normalized spacial score (nSPS) is 12.7. The van der Waals surface area contributed by atoms with Crippen LogP contribution in [-0.4, -0.2) is 37.2 Å². The van der Waals surface area contributed by atoms with Gasteiger partial charge in [0.2, 0.25) is 0 Å². The van der Waals surface area contributed by atoms with E-state index in [0.717, 1.165) is 122 Å². The highest BCUT2D eigenvalue weighted by Crippen LogP contribution is 2.15. The lowest BCUT2D eigenvalue weighted by Gasteiger charge is -2.18. The molecular formula is C64H110O6. The predicted molar refractivity (Wildman–Crippen MR) is 302 cm³/mol. The fourth-order valence-electron chi connectivity index (χ4n) is 8.21. The van der Waals surface area contributed by atoms with Crippen LogP contribution < -0.4 is 0 Å². The quantitative estimate of drug-likeness (QED) is 0.0261. The van der Waals surface area contributed by atoms with E-state index in [0.29, 0.717) is 19.3 Å². The van der Waals surface area contributed by atoms with E-state index in [4.69, 9.17) is 14.2 Å². The van der Waals surface area contributed by atoms with Crippen LogP contribution in [0.4, 0.5) is 0 Å². The summed E-state index contributed by atoms with van der Waals surface area (Å²) in [4.78, 5) is 38.2. The zero-order valence-corrected chi connectivity index (χ0v) is 46.0. The molecule has 0 aromatic heterocycles. The minimum atomic E-state index is -0.786. The Morgan fingerprint density at radius 2 is 0.557 bits per heavy atom. The minimum absolute atomic E-state index is 0.0822. The molecule has 0 aliphatic heterocycles. The molecule has 6 nitrogen and oxygen atoms in total. The Hall–Kier alpha value is -3.41. The SMILES string of the molecule is CC/C=C\C/C=C\C/C=C\C/C=C\C/C=C\C/C=C\CCCCCCCCC(=O)OCC(COC(=O)CCCCCCCCCCCCCCC)OC(=O)CCCCCCC/C=C\CCCCCCC. The topological polar surface area (TPSA) is 78.9 Å². The molecule has 1 atom stereocenters. The van der Waals surface area contributed by atoms with E-state index in [2.05, 4.69) is 106 Å². The second-order valence-electron chi connectivity index (χ2n) is 19.5. The first-order valence-corrected chi connectivity index (χ1v) is 29.6. The van der Waals surface area contributed by atoms with Gasteiger partial charge in [-0.15, -0.1) is 0 Å². The van der Waals surface area contributed by atoms with E-state index >= 15 is 0 Å². The van der Waals surface area contributed by atoms with Gasteiger partial charge in [-0.2, -0.15) is 0 Å². The van der Waals surface area contributed by atoms with Gasteiger partial charge in [-0.05, 0) is 96.3 Å². The number of esters is 3. The number of rotatable bonds is 53. The first kappa shape index (κ1) is 66.6. The minimum Gasteiger partial charge on any atom is -0.462 e. The molecule has 0 saturated carbocycles. The Balaban J connectivity index is 4.35. The molecule has 0 spiro atoms. The van der Waals surface area contributed by atoms with Gasteiger partial charge < -0.3 is 14.2 Å². The summed E-state index contributed by atoms with van der Waals surface area (Å²) in [5, 5.41) is 0. The average Bonchev–Trinajstić information content (AvgIpc) is 3.36. The van der Waals surface area contributed by atoms with Crippen molar-refractivity contribution in [2.75, 3.05) is 13.2 Å². The van der Waals surface area contributed by atoms with Crippen molar-refractivity contribution in [2.24, 2.45) is 0 Å². The van der Waals surface area contributed by atoms with Crippen LogP contribution in [0.5, 0.6) is 0 Å². The van der Waals surface area contributed by atoms with E-state index in [9.17, 15) is 14.4 Å². The number of ether oxygens (including phenoxy) is 3. The number of hydrogen-bond acceptors (Lipinski definition) is 6. The van der Waals surface area contributed by atoms with Crippen molar-refractivity contribution in [1.29, 1.82) is 0 Å². The van der Waals surface area contributed by atoms with Crippen LogP contribution in [-0.2, 0) is 28.6 Å². The maximum atomic E-state index is 12.8. The third kappa shape index (κ3) is 55.5. The summed E-state index contributed by atoms with van der Waals surface area (Å²) in [5.74, 6) is -0.898. The molecule has 0 N–H and O–H groups in total. The van der Waals surface area contributed by atoms with E-state index in [1.54, 1.807) is 0 Å². The molecule has 0 bridgehead atoms. The zero-order chi connectivity index (χ0) is 50.7. The van der Waals surface area contributed by atoms with Gasteiger partial charge in [0.05, 0.1) is 0 Å². The molecule has 1 unspecified atom stereocenters. The van der Waals surface area contributed by atoms with Gasteiger partial charge in [-0.3, -0.25) is 14.4 Å². The molecule has 0 heterocycles. The number of unbranched alkanes of at least 4 members (excludes halogenated alkanes) is 28. The third-order valence-electron chi connectivity index (χ3n) is 12.6. The Morgan fingerprint density at radius 3 is 0.886 bits per heavy atom. The van der Waals surface area contributed by atoms with Gasteiger partial charge in [0.15, 0.2) is 6.10 Å². The van der Waals surface area contributed by atoms with Crippen molar-refractivity contribution in [2.45, 2.75) is 290 Å². The lowest BCUT2D eigenvalue weighted by Crippen LogP contribution is -2.30. The van der Waals surface area contributed by atoms with Gasteiger partial charge >= 0.3 is 17.9 Å². The van der Waals surface area contributed by atoms with Crippen molar-refractivity contribution in [1.82, 2.24) is 0 Å². The summed E-state index contributed by atoms with van der Waals surface area (Å²) in [5.41, 5.74) is 0. The smallest absolute Gasteiger partial charge is 0.306 e. The molecule has 0 aromatic carbocycles. The van der Waals surface area contributed by atoms with Gasteiger partial charge in [-0.1, -0.05) is 254 Å². The van der Waals surface area contributed by atoms with Crippen LogP contribution in [0, 0.1) is 0 Å². The summed E-state index contributed by atoms with van der Waals surface area (Å²) < 4.78 is 16.9. The van der Waals surface area contributed by atoms with Crippen LogP contribution in [0.15, 0.2) is 85.1 Å². The van der Waals surface area contributed by atoms with Crippen LogP contribution in [0.1, 0.15) is 284 Å². The number of carbonyl (C=O) groups excluding carboxylic acids is 3. The Bertz CT molecular complexity index is 1350. The van der Waals surface area contributed by atoms with Crippen LogP contribution >= 0.6 is 0 Å². The molecule has 0 radical (unpaired) electrons. The summed E-state index contributed by atoms with van der Waals surface area (Å²) in [6.45, 7) is 6.51. The number of hydrogen-bond donors (Lipinski definition) is 0. The van der Waals surface area contributed by atoms with E-state index < -0.39 is 6.10 Å². The fraction of sp³-hybridized carbons (Fsp3) is 0.734. The largest absolute Gasteiger partial charge is 0.462 e. The van der Waals surface area contributed by atoms with Crippen molar-refractivity contribution in [3.8, 4) is 0 Å². The fourth-order valence-corrected chi connectivity index (χ4v) is 8.21. The average molecular weight is 976 g/mol. The monoisotopic (exact) mass is 975 g/mol. The molecule has 0 fully saturated rings. The first-order valence-electron chi connectivity index (χ1n) is 29.6. The summed E-state index contributed by atoms with van der Waals surface area (Å²) in [6, 6.07) is 0. The first-order chi connectivity index (χ1) is 34.5. The molecule has 402 valence electrons. The highest BCUT2D eigenvalue weighted by atomic mass is 16.6. The summed E-state index contributed by atoms with van der Waals surface area (Å²) >= 11 is 0. The second kappa shape index (κ2) is 58.2. The highest BCUT2D eigenvalue weighted by Gasteiger charge is 2.19. The standard InChI is InChI=1S/C64H110O6/c1-4-7-10-13-16-19-22-25-27-28-29-30-31-32-33-34-35-36-37-40-42-45-48-51-54-57-63(66)69-60-61(59-68-62(65)56-53-50-47-44-41-38-24-21-18-15-12-9-6-3)70-64(67)58-55-52-49-46-43-39-26-23-20-17-14-11-8-5-2/h7,10,16,19,23,25-27,29-30,32-33,35-36,61H,4-6,8-9,11-15,17-18,20-22,24,28,31,34,37-60H2,1-3H3/b10-7-,19-16-,26-23-,27-25-,30-29-,33-32-,36-35-. The highest BCUT2D eigenvalue weighted by molar-refractivity contribution is 5.71. The molecule has 0 aromatic rings. The lowest BCUT2D eigenvalue weighted by molar-refractivity contribution is -0.167. The van der Waals surface area contributed by atoms with E-state index in [-0.39, 0.29) is 31.1 Å². The van der Waals surface area contributed by atoms with Crippen molar-refractivity contribution in [3.05, 3.63) is 85.1 Å². The van der Waals surface area contributed by atoms with Crippen molar-refractivity contribution in [3.63, 3.8) is 0 Å². The van der Waals surface area contributed by atoms with Crippen LogP contribution in [0.3, 0.4) is 0 Å². The van der Waals surface area contributed by atoms with Crippen molar-refractivity contribution < 1.29 is 28.6 Å². The Kier molecular flexibility index (Phi) is 55.3. The van der Waals surface area contributed by atoms with Crippen molar-refractivity contribution >= 4 is 17.9 Å². The third-order valence-corrected chi connectivity index (χ3v) is 12.6. The zero-order valence-electron chi connectivity index (χ0n) is 46.0. The predicted octanol–water partition coefficient (Wildman–Crippen LogP) is 19.9. The molecule has 0 amide bonds. The molecular weight excluding hydrogens is 865 g/mol.